The molecule has 0 spiro atoms. The van der Waals surface area contributed by atoms with Crippen molar-refractivity contribution in [2.45, 2.75) is 38.6 Å². The fourth-order valence-corrected chi connectivity index (χ4v) is 1.78. The highest BCUT2D eigenvalue weighted by molar-refractivity contribution is 5.06. The maximum atomic E-state index is 5.60. The van der Waals surface area contributed by atoms with E-state index in [1.165, 1.54) is 0 Å². The van der Waals surface area contributed by atoms with Crippen molar-refractivity contribution in [3.05, 3.63) is 11.8 Å². The molecule has 0 bridgehead atoms. The molecule has 3 heteroatoms. The maximum Gasteiger partial charge on any atom is 0.109 e. The molecule has 1 aliphatic heterocycles. The summed E-state index contributed by atoms with van der Waals surface area (Å²) in [6.07, 6.45) is 6.61. The van der Waals surface area contributed by atoms with Gasteiger partial charge in [0.2, 0.25) is 0 Å². The van der Waals surface area contributed by atoms with Gasteiger partial charge in [-0.1, -0.05) is 6.92 Å². The normalized spacial score (nSPS) is 17.3. The van der Waals surface area contributed by atoms with Crippen LogP contribution in [-0.2, 0) is 9.47 Å². The van der Waals surface area contributed by atoms with Crippen molar-refractivity contribution in [3.8, 4) is 0 Å². The van der Waals surface area contributed by atoms with Crippen LogP contribution in [-0.4, -0.2) is 32.9 Å². The number of hydrogen-bond acceptors (Lipinski definition) is 3. The van der Waals surface area contributed by atoms with Crippen LogP contribution in [0.15, 0.2) is 11.8 Å². The van der Waals surface area contributed by atoms with E-state index in [0.717, 1.165) is 51.2 Å². The number of ether oxygens (including phenoxy) is 2. The molecule has 0 amide bonds. The fraction of sp³-hybridized carbons (Fsp3) is 0.833. The van der Waals surface area contributed by atoms with Gasteiger partial charge < -0.3 is 14.8 Å². The lowest BCUT2D eigenvalue weighted by Crippen LogP contribution is -2.32. The number of hydrogen-bond donors (Lipinski definition) is 1. The summed E-state index contributed by atoms with van der Waals surface area (Å²) in [5.41, 5.74) is 0. The lowest BCUT2D eigenvalue weighted by Gasteiger charge is -2.19. The SMILES string of the molecule is CCCNC(CCCOC)C1=CCCO1. The van der Waals surface area contributed by atoms with Crippen molar-refractivity contribution in [3.63, 3.8) is 0 Å². The fourth-order valence-electron chi connectivity index (χ4n) is 1.78. The molecule has 3 nitrogen and oxygen atoms in total. The molecule has 0 fully saturated rings. The molecule has 88 valence electrons. The van der Waals surface area contributed by atoms with Crippen LogP contribution in [0.5, 0.6) is 0 Å². The van der Waals surface area contributed by atoms with Crippen molar-refractivity contribution < 1.29 is 9.47 Å². The van der Waals surface area contributed by atoms with Crippen LogP contribution in [0.25, 0.3) is 0 Å². The van der Waals surface area contributed by atoms with Gasteiger partial charge >= 0.3 is 0 Å². The first-order valence-electron chi connectivity index (χ1n) is 5.93. The zero-order valence-electron chi connectivity index (χ0n) is 9.92. The van der Waals surface area contributed by atoms with Crippen LogP contribution in [0.4, 0.5) is 0 Å². The van der Waals surface area contributed by atoms with E-state index in [1.807, 2.05) is 0 Å². The molecule has 0 radical (unpaired) electrons. The van der Waals surface area contributed by atoms with E-state index >= 15 is 0 Å². The maximum absolute atomic E-state index is 5.60. The third kappa shape index (κ3) is 4.67. The van der Waals surface area contributed by atoms with E-state index < -0.39 is 0 Å². The number of rotatable bonds is 8. The number of methoxy groups -OCH3 is 1. The molecule has 0 aromatic carbocycles. The Hall–Kier alpha value is -0.540. The van der Waals surface area contributed by atoms with Crippen molar-refractivity contribution >= 4 is 0 Å². The Bertz CT molecular complexity index is 192. The van der Waals surface area contributed by atoms with Gasteiger partial charge in [-0.25, -0.2) is 0 Å². The smallest absolute Gasteiger partial charge is 0.109 e. The Balaban J connectivity index is 2.30. The van der Waals surface area contributed by atoms with Gasteiger partial charge in [0.25, 0.3) is 0 Å². The Labute approximate surface area is 92.8 Å². The standard InChI is InChI=1S/C12H23NO2/c1-3-8-13-11(6-4-9-14-2)12-7-5-10-15-12/h7,11,13H,3-6,8-10H2,1-2H3. The summed E-state index contributed by atoms with van der Waals surface area (Å²) < 4.78 is 10.7. The molecule has 0 saturated carbocycles. The van der Waals surface area contributed by atoms with Gasteiger partial charge in [-0.05, 0) is 31.9 Å². The van der Waals surface area contributed by atoms with E-state index in [4.69, 9.17) is 9.47 Å². The van der Waals surface area contributed by atoms with Crippen molar-refractivity contribution in [2.24, 2.45) is 0 Å². The second-order valence-corrected chi connectivity index (χ2v) is 3.89. The quantitative estimate of drug-likeness (QED) is 0.626. The third-order valence-corrected chi connectivity index (χ3v) is 2.56. The second kappa shape index (κ2) is 7.71. The zero-order chi connectivity index (χ0) is 10.9. The predicted octanol–water partition coefficient (Wildman–Crippen LogP) is 2.09. The second-order valence-electron chi connectivity index (χ2n) is 3.89. The summed E-state index contributed by atoms with van der Waals surface area (Å²) in [5.74, 6) is 1.14. The molecule has 15 heavy (non-hydrogen) atoms. The van der Waals surface area contributed by atoms with E-state index in [-0.39, 0.29) is 0 Å². The van der Waals surface area contributed by atoms with Gasteiger partial charge in [-0.3, -0.25) is 0 Å². The van der Waals surface area contributed by atoms with Crippen LogP contribution in [0.1, 0.15) is 32.6 Å². The van der Waals surface area contributed by atoms with Crippen LogP contribution < -0.4 is 5.32 Å². The third-order valence-electron chi connectivity index (χ3n) is 2.56. The minimum Gasteiger partial charge on any atom is -0.496 e. The van der Waals surface area contributed by atoms with Crippen molar-refractivity contribution in [1.29, 1.82) is 0 Å². The molecule has 0 aliphatic carbocycles. The highest BCUT2D eigenvalue weighted by Crippen LogP contribution is 2.17. The molecular weight excluding hydrogens is 190 g/mol. The highest BCUT2D eigenvalue weighted by Gasteiger charge is 2.17. The molecule has 1 rings (SSSR count). The average Bonchev–Trinajstić information content (AvgIpc) is 2.76. The highest BCUT2D eigenvalue weighted by atomic mass is 16.5. The summed E-state index contributed by atoms with van der Waals surface area (Å²) >= 11 is 0. The monoisotopic (exact) mass is 213 g/mol. The van der Waals surface area contributed by atoms with Gasteiger partial charge in [0, 0.05) is 20.1 Å². The summed E-state index contributed by atoms with van der Waals surface area (Å²) in [4.78, 5) is 0. The minimum absolute atomic E-state index is 0.391. The van der Waals surface area contributed by atoms with Crippen LogP contribution in [0, 0.1) is 0 Å². The van der Waals surface area contributed by atoms with Crippen molar-refractivity contribution in [2.75, 3.05) is 26.9 Å². The average molecular weight is 213 g/mol. The number of nitrogens with one attached hydrogen (secondary N) is 1. The van der Waals surface area contributed by atoms with Crippen LogP contribution >= 0.6 is 0 Å². The molecule has 1 heterocycles. The van der Waals surface area contributed by atoms with Crippen molar-refractivity contribution in [1.82, 2.24) is 5.32 Å². The topological polar surface area (TPSA) is 30.5 Å². The molecular formula is C12H23NO2. The van der Waals surface area contributed by atoms with Crippen LogP contribution in [0.2, 0.25) is 0 Å². The summed E-state index contributed by atoms with van der Waals surface area (Å²) in [7, 11) is 1.75. The van der Waals surface area contributed by atoms with E-state index in [9.17, 15) is 0 Å². The lowest BCUT2D eigenvalue weighted by molar-refractivity contribution is 0.178. The van der Waals surface area contributed by atoms with Gasteiger partial charge in [0.05, 0.1) is 12.6 Å². The minimum atomic E-state index is 0.391. The summed E-state index contributed by atoms with van der Waals surface area (Å²) in [6.45, 7) is 4.92. The van der Waals surface area contributed by atoms with E-state index in [2.05, 4.69) is 18.3 Å². The molecule has 1 unspecified atom stereocenters. The van der Waals surface area contributed by atoms with Gasteiger partial charge in [0.1, 0.15) is 5.76 Å². The molecule has 0 saturated heterocycles. The Morgan fingerprint density at radius 3 is 3.07 bits per heavy atom. The first kappa shape index (κ1) is 12.5. The van der Waals surface area contributed by atoms with Crippen LogP contribution in [0.3, 0.4) is 0 Å². The Kier molecular flexibility index (Phi) is 6.44. The summed E-state index contributed by atoms with van der Waals surface area (Å²) in [5, 5.41) is 3.52. The zero-order valence-corrected chi connectivity index (χ0v) is 9.92. The molecule has 1 aliphatic rings. The largest absolute Gasteiger partial charge is 0.496 e. The predicted molar refractivity (Wildman–Crippen MR) is 61.8 cm³/mol. The molecule has 1 atom stereocenters. The van der Waals surface area contributed by atoms with E-state index in [1.54, 1.807) is 7.11 Å². The molecule has 1 N–H and O–H groups in total. The Morgan fingerprint density at radius 1 is 1.60 bits per heavy atom. The first-order valence-corrected chi connectivity index (χ1v) is 5.93. The van der Waals surface area contributed by atoms with Gasteiger partial charge in [-0.2, -0.15) is 0 Å². The first-order chi connectivity index (χ1) is 7.38. The van der Waals surface area contributed by atoms with Gasteiger partial charge in [0.15, 0.2) is 0 Å². The lowest BCUT2D eigenvalue weighted by atomic mass is 10.1. The van der Waals surface area contributed by atoms with E-state index in [0.29, 0.717) is 6.04 Å². The Morgan fingerprint density at radius 2 is 2.47 bits per heavy atom. The van der Waals surface area contributed by atoms with Gasteiger partial charge in [-0.15, -0.1) is 0 Å². The molecule has 0 aromatic rings. The molecule has 0 aromatic heterocycles. The summed E-state index contributed by atoms with van der Waals surface area (Å²) in [6, 6.07) is 0.391.